The molecule has 104 valence electrons. The van der Waals surface area contributed by atoms with Crippen LogP contribution in [0, 0.1) is 13.8 Å². The van der Waals surface area contributed by atoms with Crippen molar-refractivity contribution in [2.24, 2.45) is 5.73 Å². The van der Waals surface area contributed by atoms with Crippen LogP contribution in [0.1, 0.15) is 49.1 Å². The van der Waals surface area contributed by atoms with Crippen molar-refractivity contribution in [1.82, 2.24) is 24.5 Å². The predicted octanol–water partition coefficient (Wildman–Crippen LogP) is 1.57. The minimum Gasteiger partial charge on any atom is -0.324 e. The smallest absolute Gasteiger partial charge is 0.148 e. The van der Waals surface area contributed by atoms with E-state index in [1.54, 1.807) is 6.33 Å². The summed E-state index contributed by atoms with van der Waals surface area (Å²) >= 11 is 0. The Labute approximate surface area is 113 Å². The third kappa shape index (κ3) is 2.53. The van der Waals surface area contributed by atoms with Gasteiger partial charge in [-0.15, -0.1) is 0 Å². The van der Waals surface area contributed by atoms with Crippen LogP contribution in [0.4, 0.5) is 0 Å². The lowest BCUT2D eigenvalue weighted by Crippen LogP contribution is -2.13. The Bertz CT molecular complexity index is 553. The fourth-order valence-corrected chi connectivity index (χ4v) is 2.41. The molecular weight excluding hydrogens is 240 g/mol. The van der Waals surface area contributed by atoms with E-state index >= 15 is 0 Å². The standard InChI is InChI=1S/C13H22N6/c1-5-11(14)13-9(3)17-19(10(13)4)7-12-15-8-16-18(12)6-2/h8,11H,5-7,14H2,1-4H3. The molecule has 0 aliphatic heterocycles. The number of hydrogen-bond donors (Lipinski definition) is 1. The third-order valence-electron chi connectivity index (χ3n) is 3.53. The van der Waals surface area contributed by atoms with E-state index in [-0.39, 0.29) is 6.04 Å². The summed E-state index contributed by atoms with van der Waals surface area (Å²) < 4.78 is 3.85. The molecule has 1 atom stereocenters. The summed E-state index contributed by atoms with van der Waals surface area (Å²) in [6, 6.07) is 0.0535. The highest BCUT2D eigenvalue weighted by atomic mass is 15.4. The molecule has 0 radical (unpaired) electrons. The Hall–Kier alpha value is -1.69. The summed E-state index contributed by atoms with van der Waals surface area (Å²) in [6.45, 7) is 9.68. The second-order valence-corrected chi connectivity index (χ2v) is 4.75. The molecule has 0 aromatic carbocycles. The monoisotopic (exact) mass is 262 g/mol. The Balaban J connectivity index is 2.32. The SMILES string of the molecule is CCC(N)c1c(C)nn(Cc2ncnn2CC)c1C. The van der Waals surface area contributed by atoms with E-state index in [1.807, 2.05) is 16.3 Å². The second kappa shape index (κ2) is 5.52. The van der Waals surface area contributed by atoms with Gasteiger partial charge < -0.3 is 5.73 Å². The largest absolute Gasteiger partial charge is 0.324 e. The molecule has 2 rings (SSSR count). The zero-order valence-corrected chi connectivity index (χ0v) is 12.1. The third-order valence-corrected chi connectivity index (χ3v) is 3.53. The van der Waals surface area contributed by atoms with Crippen molar-refractivity contribution in [2.45, 2.75) is 53.2 Å². The van der Waals surface area contributed by atoms with E-state index < -0.39 is 0 Å². The molecule has 2 heterocycles. The quantitative estimate of drug-likeness (QED) is 0.887. The highest BCUT2D eigenvalue weighted by Crippen LogP contribution is 2.22. The summed E-state index contributed by atoms with van der Waals surface area (Å²) in [4.78, 5) is 4.29. The molecule has 0 saturated carbocycles. The summed E-state index contributed by atoms with van der Waals surface area (Å²) in [5, 5.41) is 8.77. The van der Waals surface area contributed by atoms with Crippen LogP contribution in [0.15, 0.2) is 6.33 Å². The maximum absolute atomic E-state index is 6.15. The summed E-state index contributed by atoms with van der Waals surface area (Å²) in [5.41, 5.74) is 9.44. The molecular formula is C13H22N6. The first kappa shape index (κ1) is 13.7. The van der Waals surface area contributed by atoms with Crippen LogP contribution in [-0.4, -0.2) is 24.5 Å². The van der Waals surface area contributed by atoms with Gasteiger partial charge in [0.15, 0.2) is 0 Å². The molecule has 0 amide bonds. The van der Waals surface area contributed by atoms with Crippen LogP contribution >= 0.6 is 0 Å². The number of aromatic nitrogens is 5. The number of rotatable bonds is 5. The lowest BCUT2D eigenvalue weighted by molar-refractivity contribution is 0.558. The number of aryl methyl sites for hydroxylation is 2. The minimum absolute atomic E-state index is 0.0535. The van der Waals surface area contributed by atoms with Gasteiger partial charge in [-0.1, -0.05) is 6.92 Å². The Morgan fingerprint density at radius 1 is 1.26 bits per heavy atom. The number of hydrogen-bond acceptors (Lipinski definition) is 4. The Kier molecular flexibility index (Phi) is 3.99. The van der Waals surface area contributed by atoms with E-state index in [0.717, 1.165) is 35.7 Å². The highest BCUT2D eigenvalue weighted by Gasteiger charge is 2.17. The van der Waals surface area contributed by atoms with Crippen molar-refractivity contribution in [1.29, 1.82) is 0 Å². The normalized spacial score (nSPS) is 12.9. The molecule has 2 aromatic heterocycles. The van der Waals surface area contributed by atoms with Crippen LogP contribution in [0.5, 0.6) is 0 Å². The van der Waals surface area contributed by atoms with Crippen molar-refractivity contribution in [2.75, 3.05) is 0 Å². The first-order valence-electron chi connectivity index (χ1n) is 6.74. The molecule has 2 N–H and O–H groups in total. The van der Waals surface area contributed by atoms with Crippen LogP contribution in [0.25, 0.3) is 0 Å². The minimum atomic E-state index is 0.0535. The van der Waals surface area contributed by atoms with Crippen molar-refractivity contribution in [3.8, 4) is 0 Å². The van der Waals surface area contributed by atoms with Gasteiger partial charge in [-0.2, -0.15) is 10.2 Å². The van der Waals surface area contributed by atoms with E-state index in [0.29, 0.717) is 6.54 Å². The van der Waals surface area contributed by atoms with Gasteiger partial charge in [0.05, 0.1) is 5.69 Å². The van der Waals surface area contributed by atoms with Crippen molar-refractivity contribution < 1.29 is 0 Å². The zero-order valence-electron chi connectivity index (χ0n) is 12.1. The van der Waals surface area contributed by atoms with Gasteiger partial charge in [0, 0.05) is 23.8 Å². The molecule has 1 unspecified atom stereocenters. The first-order chi connectivity index (χ1) is 9.08. The van der Waals surface area contributed by atoms with Gasteiger partial charge in [0.25, 0.3) is 0 Å². The lowest BCUT2D eigenvalue weighted by Gasteiger charge is -2.10. The van der Waals surface area contributed by atoms with Gasteiger partial charge in [-0.05, 0) is 27.2 Å². The molecule has 0 aliphatic carbocycles. The molecule has 6 nitrogen and oxygen atoms in total. The molecule has 2 aromatic rings. The molecule has 0 fully saturated rings. The fraction of sp³-hybridized carbons (Fsp3) is 0.615. The summed E-state index contributed by atoms with van der Waals surface area (Å²) in [5.74, 6) is 0.921. The van der Waals surface area contributed by atoms with Crippen molar-refractivity contribution in [3.05, 3.63) is 29.1 Å². The second-order valence-electron chi connectivity index (χ2n) is 4.75. The highest BCUT2D eigenvalue weighted by molar-refractivity contribution is 5.28. The van der Waals surface area contributed by atoms with E-state index in [9.17, 15) is 0 Å². The van der Waals surface area contributed by atoms with Gasteiger partial charge in [-0.25, -0.2) is 9.67 Å². The predicted molar refractivity (Wildman–Crippen MR) is 73.7 cm³/mol. The van der Waals surface area contributed by atoms with Crippen LogP contribution in [-0.2, 0) is 13.1 Å². The maximum Gasteiger partial charge on any atom is 0.148 e. The average molecular weight is 262 g/mol. The summed E-state index contributed by atoms with van der Waals surface area (Å²) in [7, 11) is 0. The molecule has 0 saturated heterocycles. The van der Waals surface area contributed by atoms with E-state index in [4.69, 9.17) is 5.73 Å². The zero-order chi connectivity index (χ0) is 14.0. The molecule has 6 heteroatoms. The number of nitrogens with two attached hydrogens (primary N) is 1. The van der Waals surface area contributed by atoms with Gasteiger partial charge >= 0.3 is 0 Å². The lowest BCUT2D eigenvalue weighted by atomic mass is 10.0. The van der Waals surface area contributed by atoms with Crippen LogP contribution in [0.3, 0.4) is 0 Å². The van der Waals surface area contributed by atoms with Gasteiger partial charge in [0.1, 0.15) is 18.7 Å². The van der Waals surface area contributed by atoms with E-state index in [1.165, 1.54) is 0 Å². The molecule has 0 spiro atoms. The fourth-order valence-electron chi connectivity index (χ4n) is 2.41. The Morgan fingerprint density at radius 3 is 2.63 bits per heavy atom. The maximum atomic E-state index is 6.15. The molecule has 0 bridgehead atoms. The van der Waals surface area contributed by atoms with Crippen molar-refractivity contribution >= 4 is 0 Å². The van der Waals surface area contributed by atoms with E-state index in [2.05, 4.69) is 36.0 Å². The van der Waals surface area contributed by atoms with Crippen molar-refractivity contribution in [3.63, 3.8) is 0 Å². The first-order valence-corrected chi connectivity index (χ1v) is 6.74. The van der Waals surface area contributed by atoms with Crippen LogP contribution < -0.4 is 5.73 Å². The summed E-state index contributed by atoms with van der Waals surface area (Å²) in [6.07, 6.45) is 2.50. The molecule has 19 heavy (non-hydrogen) atoms. The molecule has 0 aliphatic rings. The van der Waals surface area contributed by atoms with Crippen LogP contribution in [0.2, 0.25) is 0 Å². The number of nitrogens with zero attached hydrogens (tertiary/aromatic N) is 5. The Morgan fingerprint density at radius 2 is 2.00 bits per heavy atom. The van der Waals surface area contributed by atoms with Gasteiger partial charge in [0.2, 0.25) is 0 Å². The average Bonchev–Trinajstić information content (AvgIpc) is 2.94. The topological polar surface area (TPSA) is 74.6 Å². The van der Waals surface area contributed by atoms with Gasteiger partial charge in [-0.3, -0.25) is 4.68 Å².